The normalized spacial score (nSPS) is 22.8. The Balaban J connectivity index is 1.41. The van der Waals surface area contributed by atoms with Crippen LogP contribution in [0.15, 0.2) is 4.52 Å². The number of aryl methyl sites for hydroxylation is 1. The zero-order chi connectivity index (χ0) is 15.2. The Hall–Kier alpha value is -1.43. The van der Waals surface area contributed by atoms with E-state index in [1.807, 2.05) is 0 Å². The largest absolute Gasteiger partial charge is 0.353 e. The van der Waals surface area contributed by atoms with Crippen molar-refractivity contribution in [3.05, 3.63) is 11.7 Å². The van der Waals surface area contributed by atoms with Gasteiger partial charge in [0.05, 0.1) is 6.42 Å². The first-order valence-electron chi connectivity index (χ1n) is 8.61. The Morgan fingerprint density at radius 3 is 2.91 bits per heavy atom. The number of nitrogens with one attached hydrogen (secondary N) is 2. The number of nitrogens with zero attached hydrogens (tertiary/aromatic N) is 2. The van der Waals surface area contributed by atoms with E-state index in [1.165, 1.54) is 25.7 Å². The highest BCUT2D eigenvalue weighted by molar-refractivity contribution is 5.78. The van der Waals surface area contributed by atoms with E-state index in [-0.39, 0.29) is 12.3 Å². The average molecular weight is 306 g/mol. The standard InChI is InChI=1S/C16H26N4O2/c21-15(18-13-4-2-1-3-5-13)10-14-19-16(22-20-14)7-6-12-8-9-17-11-12/h12-13,17H,1-11H2,(H,18,21). The molecule has 1 unspecified atom stereocenters. The third kappa shape index (κ3) is 4.53. The Bertz CT molecular complexity index is 476. The molecule has 0 spiro atoms. The third-order valence-electron chi connectivity index (χ3n) is 4.73. The topological polar surface area (TPSA) is 80.1 Å². The van der Waals surface area contributed by atoms with Gasteiger partial charge in [-0.05, 0) is 44.7 Å². The van der Waals surface area contributed by atoms with Crippen molar-refractivity contribution < 1.29 is 9.32 Å². The van der Waals surface area contributed by atoms with Crippen LogP contribution in [-0.2, 0) is 17.6 Å². The van der Waals surface area contributed by atoms with Gasteiger partial charge in [0.15, 0.2) is 5.82 Å². The van der Waals surface area contributed by atoms with Crippen LogP contribution in [0.3, 0.4) is 0 Å². The lowest BCUT2D eigenvalue weighted by molar-refractivity contribution is -0.121. The van der Waals surface area contributed by atoms with Crippen molar-refractivity contribution in [2.75, 3.05) is 13.1 Å². The number of carbonyl (C=O) groups is 1. The van der Waals surface area contributed by atoms with Gasteiger partial charge in [0.25, 0.3) is 0 Å². The van der Waals surface area contributed by atoms with Gasteiger partial charge in [-0.3, -0.25) is 4.79 Å². The highest BCUT2D eigenvalue weighted by Gasteiger charge is 2.19. The fourth-order valence-electron chi connectivity index (χ4n) is 3.42. The molecule has 2 N–H and O–H groups in total. The fourth-order valence-corrected chi connectivity index (χ4v) is 3.42. The van der Waals surface area contributed by atoms with Crippen LogP contribution >= 0.6 is 0 Å². The van der Waals surface area contributed by atoms with Crippen molar-refractivity contribution in [2.24, 2.45) is 5.92 Å². The second kappa shape index (κ2) is 7.72. The summed E-state index contributed by atoms with van der Waals surface area (Å²) in [5, 5.41) is 10.4. The molecule has 0 bridgehead atoms. The predicted molar refractivity (Wildman–Crippen MR) is 82.3 cm³/mol. The van der Waals surface area contributed by atoms with Gasteiger partial charge >= 0.3 is 0 Å². The molecule has 3 rings (SSSR count). The van der Waals surface area contributed by atoms with Gasteiger partial charge in [-0.15, -0.1) is 0 Å². The van der Waals surface area contributed by atoms with Crippen molar-refractivity contribution in [3.8, 4) is 0 Å². The molecule has 0 radical (unpaired) electrons. The molecule has 2 aliphatic rings. The summed E-state index contributed by atoms with van der Waals surface area (Å²) in [6.07, 6.45) is 9.25. The minimum absolute atomic E-state index is 0.0132. The molecule has 0 aromatic carbocycles. The van der Waals surface area contributed by atoms with E-state index in [9.17, 15) is 4.79 Å². The summed E-state index contributed by atoms with van der Waals surface area (Å²) < 4.78 is 5.25. The van der Waals surface area contributed by atoms with Crippen LogP contribution in [0.4, 0.5) is 0 Å². The zero-order valence-electron chi connectivity index (χ0n) is 13.1. The Morgan fingerprint density at radius 2 is 2.14 bits per heavy atom. The molecule has 6 nitrogen and oxygen atoms in total. The minimum atomic E-state index is 0.0132. The molecule has 1 aliphatic heterocycles. The maximum atomic E-state index is 12.0. The first kappa shape index (κ1) is 15.5. The van der Waals surface area contributed by atoms with Crippen molar-refractivity contribution in [1.82, 2.24) is 20.8 Å². The first-order chi connectivity index (χ1) is 10.8. The summed E-state index contributed by atoms with van der Waals surface area (Å²) in [5.41, 5.74) is 0. The van der Waals surface area contributed by atoms with E-state index in [0.717, 1.165) is 38.8 Å². The van der Waals surface area contributed by atoms with Gasteiger partial charge in [-0.2, -0.15) is 4.98 Å². The molecule has 2 heterocycles. The van der Waals surface area contributed by atoms with Gasteiger partial charge in [0, 0.05) is 12.5 Å². The average Bonchev–Trinajstić information content (AvgIpc) is 3.17. The van der Waals surface area contributed by atoms with Gasteiger partial charge in [0.1, 0.15) is 0 Å². The van der Waals surface area contributed by atoms with Crippen LogP contribution in [0.5, 0.6) is 0 Å². The third-order valence-corrected chi connectivity index (χ3v) is 4.73. The van der Waals surface area contributed by atoms with Gasteiger partial charge < -0.3 is 15.2 Å². The maximum absolute atomic E-state index is 12.0. The van der Waals surface area contributed by atoms with Crippen molar-refractivity contribution in [3.63, 3.8) is 0 Å². The molecule has 1 atom stereocenters. The van der Waals surface area contributed by atoms with E-state index in [4.69, 9.17) is 4.52 Å². The molecule has 1 aromatic rings. The molecule has 2 fully saturated rings. The summed E-state index contributed by atoms with van der Waals surface area (Å²) in [4.78, 5) is 16.4. The number of aromatic nitrogens is 2. The second-order valence-corrected chi connectivity index (χ2v) is 6.58. The van der Waals surface area contributed by atoms with E-state index in [1.54, 1.807) is 0 Å². The lowest BCUT2D eigenvalue weighted by Gasteiger charge is -2.22. The van der Waals surface area contributed by atoms with E-state index in [0.29, 0.717) is 23.7 Å². The van der Waals surface area contributed by atoms with E-state index >= 15 is 0 Å². The molecule has 1 amide bonds. The fraction of sp³-hybridized carbons (Fsp3) is 0.812. The van der Waals surface area contributed by atoms with Crippen molar-refractivity contribution in [1.29, 1.82) is 0 Å². The number of amides is 1. The molecule has 6 heteroatoms. The zero-order valence-corrected chi connectivity index (χ0v) is 13.1. The molecular weight excluding hydrogens is 280 g/mol. The maximum Gasteiger partial charge on any atom is 0.228 e. The lowest BCUT2D eigenvalue weighted by atomic mass is 9.95. The molecule has 1 saturated heterocycles. The first-order valence-corrected chi connectivity index (χ1v) is 8.61. The smallest absolute Gasteiger partial charge is 0.228 e. The van der Waals surface area contributed by atoms with Crippen LogP contribution in [-0.4, -0.2) is 35.2 Å². The van der Waals surface area contributed by atoms with Crippen LogP contribution in [0.25, 0.3) is 0 Å². The van der Waals surface area contributed by atoms with Gasteiger partial charge in [-0.1, -0.05) is 24.4 Å². The van der Waals surface area contributed by atoms with Crippen molar-refractivity contribution in [2.45, 2.75) is 63.8 Å². The predicted octanol–water partition coefficient (Wildman–Crippen LogP) is 1.60. The highest BCUT2D eigenvalue weighted by atomic mass is 16.5. The lowest BCUT2D eigenvalue weighted by Crippen LogP contribution is -2.37. The number of rotatable bonds is 6. The second-order valence-electron chi connectivity index (χ2n) is 6.58. The quantitative estimate of drug-likeness (QED) is 0.834. The summed E-state index contributed by atoms with van der Waals surface area (Å²) in [5.74, 6) is 1.89. The molecule has 22 heavy (non-hydrogen) atoms. The van der Waals surface area contributed by atoms with Crippen LogP contribution < -0.4 is 10.6 Å². The van der Waals surface area contributed by atoms with Crippen LogP contribution in [0.1, 0.15) is 56.7 Å². The summed E-state index contributed by atoms with van der Waals surface area (Å²) in [7, 11) is 0. The Morgan fingerprint density at radius 1 is 1.27 bits per heavy atom. The summed E-state index contributed by atoms with van der Waals surface area (Å²) in [6.45, 7) is 2.20. The van der Waals surface area contributed by atoms with E-state index < -0.39 is 0 Å². The summed E-state index contributed by atoms with van der Waals surface area (Å²) in [6, 6.07) is 0.336. The molecular formula is C16H26N4O2. The van der Waals surface area contributed by atoms with E-state index in [2.05, 4.69) is 20.8 Å². The Kier molecular flexibility index (Phi) is 5.43. The number of hydrogen-bond donors (Lipinski definition) is 2. The van der Waals surface area contributed by atoms with Gasteiger partial charge in [0.2, 0.25) is 11.8 Å². The highest BCUT2D eigenvalue weighted by Crippen LogP contribution is 2.17. The molecule has 1 saturated carbocycles. The van der Waals surface area contributed by atoms with Gasteiger partial charge in [-0.25, -0.2) is 0 Å². The Labute approximate surface area is 131 Å². The number of carbonyl (C=O) groups excluding carboxylic acids is 1. The van der Waals surface area contributed by atoms with Crippen LogP contribution in [0.2, 0.25) is 0 Å². The number of hydrogen-bond acceptors (Lipinski definition) is 5. The molecule has 1 aliphatic carbocycles. The van der Waals surface area contributed by atoms with Crippen molar-refractivity contribution >= 4 is 5.91 Å². The van der Waals surface area contributed by atoms with Crippen LogP contribution in [0, 0.1) is 5.92 Å². The summed E-state index contributed by atoms with van der Waals surface area (Å²) >= 11 is 0. The SMILES string of the molecule is O=C(Cc1noc(CCC2CCNC2)n1)NC1CCCCC1. The molecule has 1 aromatic heterocycles. The molecule has 122 valence electrons. The minimum Gasteiger partial charge on any atom is -0.353 e. The monoisotopic (exact) mass is 306 g/mol.